The van der Waals surface area contributed by atoms with Gasteiger partial charge in [0.1, 0.15) is 5.75 Å². The van der Waals surface area contributed by atoms with E-state index in [-0.39, 0.29) is 11.7 Å². The van der Waals surface area contributed by atoms with Crippen molar-refractivity contribution >= 4 is 25.0 Å². The minimum Gasteiger partial charge on any atom is -0.507 e. The molecule has 0 aromatic heterocycles. The highest BCUT2D eigenvalue weighted by atomic mass is 16.3. The summed E-state index contributed by atoms with van der Waals surface area (Å²) in [5.41, 5.74) is 10.0. The monoisotopic (exact) mass is 246 g/mol. The second-order valence-electron chi connectivity index (χ2n) is 3.53. The predicted molar refractivity (Wildman–Crippen MR) is 73.4 cm³/mol. The average molecular weight is 246 g/mol. The van der Waals surface area contributed by atoms with E-state index in [2.05, 4.69) is 34.0 Å². The second kappa shape index (κ2) is 6.19. The molecule has 0 aliphatic carbocycles. The van der Waals surface area contributed by atoms with Crippen molar-refractivity contribution in [3.05, 3.63) is 35.4 Å². The Labute approximate surface area is 105 Å². The summed E-state index contributed by atoms with van der Waals surface area (Å²) in [6.07, 6.45) is 2.98. The molecule has 18 heavy (non-hydrogen) atoms. The van der Waals surface area contributed by atoms with E-state index >= 15 is 0 Å². The smallest absolute Gasteiger partial charge is 0.269 e. The number of nitrogens with zero attached hydrogens (tertiary/aromatic N) is 2. The van der Waals surface area contributed by atoms with E-state index in [9.17, 15) is 5.11 Å². The summed E-state index contributed by atoms with van der Waals surface area (Å²) in [5.74, 6) is 0.175. The standard InChI is InChI=1S/C12H15N5O/c1-4-9-5-8(2)6-10(11(9)18)7-15-17-12(13)16-14-3/h4-7,18H,1,3H2,2H3,(H3,13,16,17)/p+1. The molecule has 1 rings (SSSR count). The summed E-state index contributed by atoms with van der Waals surface area (Å²) >= 11 is 0. The molecule has 6 heteroatoms. The molecule has 1 aromatic carbocycles. The fraction of sp³-hybridized carbons (Fsp3) is 0.0833. The largest absolute Gasteiger partial charge is 0.507 e. The summed E-state index contributed by atoms with van der Waals surface area (Å²) in [6, 6.07) is 3.61. The topological polar surface area (TPSA) is 97.0 Å². The first-order valence-corrected chi connectivity index (χ1v) is 5.19. The zero-order chi connectivity index (χ0) is 13.5. The van der Waals surface area contributed by atoms with Crippen LogP contribution in [0.5, 0.6) is 5.75 Å². The van der Waals surface area contributed by atoms with Gasteiger partial charge in [-0.3, -0.25) is 0 Å². The van der Waals surface area contributed by atoms with Gasteiger partial charge in [-0.15, -0.1) is 15.6 Å². The number of phenols is 1. The van der Waals surface area contributed by atoms with E-state index < -0.39 is 0 Å². The number of aryl methyl sites for hydroxylation is 1. The molecule has 0 fully saturated rings. The lowest BCUT2D eigenvalue weighted by Crippen LogP contribution is -2.80. The number of phenolic OH excluding ortho intramolecular Hbond substituents is 1. The summed E-state index contributed by atoms with van der Waals surface area (Å²) < 4.78 is 0. The van der Waals surface area contributed by atoms with E-state index in [1.165, 1.54) is 6.21 Å². The maximum atomic E-state index is 9.90. The quantitative estimate of drug-likeness (QED) is 0.320. The van der Waals surface area contributed by atoms with Crippen LogP contribution in [0.25, 0.3) is 6.08 Å². The molecule has 94 valence electrons. The van der Waals surface area contributed by atoms with Crippen molar-refractivity contribution < 1.29 is 10.2 Å². The maximum Gasteiger partial charge on any atom is 0.269 e. The van der Waals surface area contributed by atoms with Gasteiger partial charge < -0.3 is 10.8 Å². The highest BCUT2D eigenvalue weighted by Crippen LogP contribution is 2.24. The third-order valence-electron chi connectivity index (χ3n) is 2.11. The molecule has 0 saturated heterocycles. The van der Waals surface area contributed by atoms with Gasteiger partial charge in [0, 0.05) is 11.1 Å². The van der Waals surface area contributed by atoms with E-state index in [1.54, 1.807) is 12.1 Å². The molecular weight excluding hydrogens is 230 g/mol. The highest BCUT2D eigenvalue weighted by molar-refractivity contribution is 5.86. The lowest BCUT2D eigenvalue weighted by molar-refractivity contribution is -0.496. The van der Waals surface area contributed by atoms with Gasteiger partial charge in [-0.1, -0.05) is 12.7 Å². The number of hydrogen-bond acceptors (Lipinski definition) is 3. The van der Waals surface area contributed by atoms with E-state index in [0.29, 0.717) is 11.1 Å². The molecule has 0 aliphatic rings. The Kier molecular flexibility index (Phi) is 4.62. The van der Waals surface area contributed by atoms with Crippen LogP contribution < -0.4 is 16.3 Å². The Morgan fingerprint density at radius 3 is 2.78 bits per heavy atom. The maximum absolute atomic E-state index is 9.90. The Morgan fingerprint density at radius 1 is 1.50 bits per heavy atom. The molecular formula is C12H16N5O+. The molecule has 5 N–H and O–H groups in total. The molecule has 0 unspecified atom stereocenters. The lowest BCUT2D eigenvalue weighted by Gasteiger charge is -2.04. The molecule has 0 spiro atoms. The van der Waals surface area contributed by atoms with Gasteiger partial charge >= 0.3 is 0 Å². The van der Waals surface area contributed by atoms with Crippen LogP contribution in [0.2, 0.25) is 0 Å². The van der Waals surface area contributed by atoms with Gasteiger partial charge in [0.2, 0.25) is 0 Å². The van der Waals surface area contributed by atoms with Crippen molar-refractivity contribution in [3.8, 4) is 5.75 Å². The lowest BCUT2D eigenvalue weighted by atomic mass is 10.1. The summed E-state index contributed by atoms with van der Waals surface area (Å²) in [4.78, 5) is 0. The minimum atomic E-state index is 0.0670. The molecule has 0 saturated carbocycles. The van der Waals surface area contributed by atoms with Crippen LogP contribution in [-0.2, 0) is 0 Å². The van der Waals surface area contributed by atoms with Crippen LogP contribution in [0.15, 0.2) is 28.9 Å². The van der Waals surface area contributed by atoms with Crippen LogP contribution in [-0.4, -0.2) is 24.0 Å². The first-order valence-electron chi connectivity index (χ1n) is 5.19. The van der Waals surface area contributed by atoms with Crippen molar-refractivity contribution in [2.45, 2.75) is 6.92 Å². The van der Waals surface area contributed by atoms with Crippen LogP contribution in [0.1, 0.15) is 16.7 Å². The number of aromatic hydroxyl groups is 1. The number of guanidine groups is 1. The normalized spacial score (nSPS) is 11.5. The van der Waals surface area contributed by atoms with Gasteiger partial charge in [-0.05, 0) is 24.6 Å². The van der Waals surface area contributed by atoms with Crippen LogP contribution in [0.4, 0.5) is 0 Å². The number of nitrogens with one attached hydrogen (secondary N) is 2. The molecule has 6 nitrogen and oxygen atoms in total. The average Bonchev–Trinajstić information content (AvgIpc) is 2.33. The van der Waals surface area contributed by atoms with Crippen molar-refractivity contribution in [2.75, 3.05) is 0 Å². The van der Waals surface area contributed by atoms with Crippen molar-refractivity contribution in [1.29, 1.82) is 0 Å². The third kappa shape index (κ3) is 3.44. The molecule has 0 heterocycles. The highest BCUT2D eigenvalue weighted by Gasteiger charge is 2.04. The summed E-state index contributed by atoms with van der Waals surface area (Å²) in [7, 11) is 0. The van der Waals surface area contributed by atoms with Gasteiger partial charge in [-0.25, -0.2) is 0 Å². The Bertz CT molecular complexity index is 519. The predicted octanol–water partition coefficient (Wildman–Crippen LogP) is -0.722. The van der Waals surface area contributed by atoms with Crippen LogP contribution >= 0.6 is 0 Å². The number of hydrogen-bond donors (Lipinski definition) is 4. The molecule has 0 radical (unpaired) electrons. The minimum absolute atomic E-state index is 0.0670. The number of nitrogens with two attached hydrogens (primary N) is 1. The fourth-order valence-corrected chi connectivity index (χ4v) is 1.36. The van der Waals surface area contributed by atoms with Crippen molar-refractivity contribution in [3.63, 3.8) is 0 Å². The van der Waals surface area contributed by atoms with Crippen LogP contribution in [0.3, 0.4) is 0 Å². The summed E-state index contributed by atoms with van der Waals surface area (Å²) in [6.45, 7) is 8.86. The van der Waals surface area contributed by atoms with Gasteiger partial charge in [0.15, 0.2) is 6.72 Å². The molecule has 0 bridgehead atoms. The Morgan fingerprint density at radius 2 is 2.17 bits per heavy atom. The van der Waals surface area contributed by atoms with Crippen LogP contribution in [0, 0.1) is 6.92 Å². The van der Waals surface area contributed by atoms with Gasteiger partial charge in [0.25, 0.3) is 5.96 Å². The first-order chi connectivity index (χ1) is 8.58. The fourth-order valence-electron chi connectivity index (χ4n) is 1.36. The molecule has 0 aliphatic heterocycles. The number of hydrazine groups is 1. The zero-order valence-corrected chi connectivity index (χ0v) is 10.1. The molecule has 0 amide bonds. The SMILES string of the molecule is C=Cc1cc(C)cc(C=N/N=C(\N)N[NH+]=C)c1O. The number of rotatable bonds is 4. The van der Waals surface area contributed by atoms with E-state index in [0.717, 1.165) is 5.56 Å². The van der Waals surface area contributed by atoms with E-state index in [1.807, 2.05) is 13.0 Å². The Balaban J connectivity index is 3.01. The number of benzene rings is 1. The van der Waals surface area contributed by atoms with Gasteiger partial charge in [0.05, 0.1) is 6.21 Å². The van der Waals surface area contributed by atoms with Gasteiger partial charge in [-0.2, -0.15) is 5.10 Å². The molecule has 0 atom stereocenters. The van der Waals surface area contributed by atoms with Crippen molar-refractivity contribution in [2.24, 2.45) is 15.9 Å². The zero-order valence-electron chi connectivity index (χ0n) is 10.1. The third-order valence-corrected chi connectivity index (χ3v) is 2.11. The Hall–Kier alpha value is -2.63. The van der Waals surface area contributed by atoms with E-state index in [4.69, 9.17) is 5.73 Å². The molecule has 1 aromatic rings. The number of hydrazone groups is 1. The summed E-state index contributed by atoms with van der Waals surface area (Å²) in [5, 5.41) is 19.7. The first kappa shape index (κ1) is 13.4. The second-order valence-corrected chi connectivity index (χ2v) is 3.53. The van der Waals surface area contributed by atoms with Crippen molar-refractivity contribution in [1.82, 2.24) is 5.43 Å².